The Morgan fingerprint density at radius 1 is 1.23 bits per heavy atom. The van der Waals surface area contributed by atoms with Crippen LogP contribution in [0.25, 0.3) is 0 Å². The average molecular weight is 375 g/mol. The molecule has 26 heavy (non-hydrogen) atoms. The van der Waals surface area contributed by atoms with Crippen LogP contribution < -0.4 is 9.80 Å². The maximum atomic E-state index is 12.9. The lowest BCUT2D eigenvalue weighted by atomic mass is 10.0. The quantitative estimate of drug-likeness (QED) is 0.423. The highest BCUT2D eigenvalue weighted by atomic mass is 32.1. The summed E-state index contributed by atoms with van der Waals surface area (Å²) in [6.07, 6.45) is 1.47. The van der Waals surface area contributed by atoms with Crippen molar-refractivity contribution in [3.63, 3.8) is 0 Å². The number of carbonyl (C=O) groups is 2. The Morgan fingerprint density at radius 3 is 2.62 bits per heavy atom. The molecule has 0 saturated carbocycles. The first-order valence-electron chi connectivity index (χ1n) is 8.71. The molecule has 1 atom stereocenters. The van der Waals surface area contributed by atoms with Crippen molar-refractivity contribution in [1.29, 1.82) is 0 Å². The van der Waals surface area contributed by atoms with Gasteiger partial charge in [0.15, 0.2) is 11.0 Å². The van der Waals surface area contributed by atoms with Crippen LogP contribution in [0, 0.1) is 5.92 Å². The van der Waals surface area contributed by atoms with Crippen molar-refractivity contribution in [3.05, 3.63) is 30.3 Å². The molecule has 138 valence electrons. The number of amides is 2. The van der Waals surface area contributed by atoms with Crippen LogP contribution in [0.4, 0.5) is 5.69 Å². The van der Waals surface area contributed by atoms with E-state index in [9.17, 15) is 9.59 Å². The van der Waals surface area contributed by atoms with Gasteiger partial charge in [-0.3, -0.25) is 24.4 Å². The summed E-state index contributed by atoms with van der Waals surface area (Å²) < 4.78 is 5.33. The minimum Gasteiger partial charge on any atom is -0.370 e. The second-order valence-electron chi connectivity index (χ2n) is 6.33. The number of hydrogen-bond acceptors (Lipinski definition) is 5. The lowest BCUT2D eigenvalue weighted by Crippen LogP contribution is -3.14. The van der Waals surface area contributed by atoms with Gasteiger partial charge in [0.25, 0.3) is 5.91 Å². The van der Waals surface area contributed by atoms with Gasteiger partial charge in [0.2, 0.25) is 5.91 Å². The average Bonchev–Trinajstić information content (AvgIpc) is 2.67. The van der Waals surface area contributed by atoms with Crippen LogP contribution >= 0.6 is 12.2 Å². The number of quaternary nitrogens is 1. The molecule has 0 unspecified atom stereocenters. The minimum absolute atomic E-state index is 0.189. The molecule has 1 aromatic rings. The summed E-state index contributed by atoms with van der Waals surface area (Å²) in [5, 5.41) is 0.189. The Morgan fingerprint density at radius 2 is 1.92 bits per heavy atom. The van der Waals surface area contributed by atoms with Gasteiger partial charge in [0.05, 0.1) is 32.0 Å². The first-order chi connectivity index (χ1) is 12.6. The van der Waals surface area contributed by atoms with Gasteiger partial charge in [-0.05, 0) is 24.4 Å². The second-order valence-corrected chi connectivity index (χ2v) is 6.70. The third-order valence-electron chi connectivity index (χ3n) is 4.62. The van der Waals surface area contributed by atoms with Crippen LogP contribution in [0.5, 0.6) is 0 Å². The van der Waals surface area contributed by atoms with Crippen LogP contribution in [-0.4, -0.2) is 74.5 Å². The zero-order chi connectivity index (χ0) is 18.5. The Balaban J connectivity index is 1.69. The first-order valence-corrected chi connectivity index (χ1v) is 9.12. The lowest BCUT2D eigenvalue weighted by molar-refractivity contribution is -0.906. The van der Waals surface area contributed by atoms with Crippen LogP contribution in [0.2, 0.25) is 0 Å². The maximum Gasteiger partial charge on any atom is 0.251 e. The Hall–Kier alpha value is -2.16. The van der Waals surface area contributed by atoms with Gasteiger partial charge < -0.3 is 9.64 Å². The van der Waals surface area contributed by atoms with Crippen molar-refractivity contribution < 1.29 is 19.2 Å². The molecule has 1 aromatic carbocycles. The number of para-hydroxylation sites is 1. The zero-order valence-corrected chi connectivity index (χ0v) is 15.6. The number of nitrogens with zero attached hydrogens (tertiary/aromatic N) is 3. The smallest absolute Gasteiger partial charge is 0.251 e. The molecule has 2 fully saturated rings. The lowest BCUT2D eigenvalue weighted by Gasteiger charge is -2.36. The fraction of sp³-hybridized carbons (Fsp3) is 0.444. The highest BCUT2D eigenvalue weighted by Gasteiger charge is 2.41. The summed E-state index contributed by atoms with van der Waals surface area (Å²) in [6.45, 7) is 4.92. The SMILES string of the molecule is CN1C(=O)[C@@H](C=NCC[NH+]2CCOCC2)C(=O)N(c2ccccc2)C1=S. The summed E-state index contributed by atoms with van der Waals surface area (Å²) in [5.41, 5.74) is 0.651. The van der Waals surface area contributed by atoms with Gasteiger partial charge in [0, 0.05) is 13.3 Å². The first kappa shape index (κ1) is 18.6. The van der Waals surface area contributed by atoms with Crippen molar-refractivity contribution in [2.75, 3.05) is 51.3 Å². The molecule has 0 aliphatic carbocycles. The number of hydrogen-bond donors (Lipinski definition) is 1. The predicted molar refractivity (Wildman–Crippen MR) is 103 cm³/mol. The molecule has 2 saturated heterocycles. The fourth-order valence-electron chi connectivity index (χ4n) is 3.05. The third-order valence-corrected chi connectivity index (χ3v) is 5.08. The van der Waals surface area contributed by atoms with Crippen LogP contribution in [0.3, 0.4) is 0 Å². The van der Waals surface area contributed by atoms with E-state index in [4.69, 9.17) is 17.0 Å². The van der Waals surface area contributed by atoms with Gasteiger partial charge in [-0.15, -0.1) is 0 Å². The number of nitrogens with one attached hydrogen (secondary N) is 1. The van der Waals surface area contributed by atoms with E-state index in [1.807, 2.05) is 18.2 Å². The Kier molecular flexibility index (Phi) is 6.08. The maximum absolute atomic E-state index is 12.9. The third kappa shape index (κ3) is 3.98. The molecule has 8 heteroatoms. The molecular formula is C18H23N4O3S+. The van der Waals surface area contributed by atoms with Gasteiger partial charge in [-0.1, -0.05) is 18.2 Å². The van der Waals surface area contributed by atoms with Gasteiger partial charge in [-0.25, -0.2) is 0 Å². The fourth-order valence-corrected chi connectivity index (χ4v) is 3.33. The predicted octanol–water partition coefficient (Wildman–Crippen LogP) is -0.621. The zero-order valence-electron chi connectivity index (χ0n) is 14.8. The van der Waals surface area contributed by atoms with Crippen LogP contribution in [0.15, 0.2) is 35.3 Å². The molecule has 0 spiro atoms. The van der Waals surface area contributed by atoms with Crippen molar-refractivity contribution in [3.8, 4) is 0 Å². The molecule has 2 aliphatic heterocycles. The number of morpholine rings is 1. The number of thiocarbonyl (C=S) groups is 1. The molecule has 0 aromatic heterocycles. The van der Waals surface area contributed by atoms with Crippen LogP contribution in [0.1, 0.15) is 0 Å². The number of aliphatic imine (C=N–C) groups is 1. The van der Waals surface area contributed by atoms with Crippen LogP contribution in [-0.2, 0) is 14.3 Å². The second kappa shape index (κ2) is 8.48. The number of benzene rings is 1. The van der Waals surface area contributed by atoms with Gasteiger partial charge in [-0.2, -0.15) is 0 Å². The molecule has 0 bridgehead atoms. The summed E-state index contributed by atoms with van der Waals surface area (Å²) in [4.78, 5) is 33.9. The Labute approximate surface area is 158 Å². The van der Waals surface area contributed by atoms with E-state index < -0.39 is 5.92 Å². The van der Waals surface area contributed by atoms with E-state index in [1.54, 1.807) is 19.2 Å². The molecular weight excluding hydrogens is 352 g/mol. The van der Waals surface area contributed by atoms with E-state index >= 15 is 0 Å². The van der Waals surface area contributed by atoms with E-state index in [0.29, 0.717) is 12.2 Å². The minimum atomic E-state index is -0.938. The van der Waals surface area contributed by atoms with Crippen molar-refractivity contribution in [1.82, 2.24) is 4.90 Å². The normalized spacial score (nSPS) is 22.5. The monoisotopic (exact) mass is 375 g/mol. The molecule has 2 amide bonds. The summed E-state index contributed by atoms with van der Waals surface area (Å²) in [6, 6.07) is 9.11. The summed E-state index contributed by atoms with van der Waals surface area (Å²) in [5.74, 6) is -1.63. The highest BCUT2D eigenvalue weighted by Crippen LogP contribution is 2.23. The largest absolute Gasteiger partial charge is 0.370 e. The summed E-state index contributed by atoms with van der Waals surface area (Å²) >= 11 is 5.31. The topological polar surface area (TPSA) is 66.7 Å². The molecule has 1 N–H and O–H groups in total. The highest BCUT2D eigenvalue weighted by molar-refractivity contribution is 7.80. The molecule has 7 nitrogen and oxygen atoms in total. The van der Waals surface area contributed by atoms with E-state index in [2.05, 4.69) is 4.99 Å². The number of rotatable bonds is 5. The van der Waals surface area contributed by atoms with E-state index in [1.165, 1.54) is 20.9 Å². The van der Waals surface area contributed by atoms with Crippen molar-refractivity contribution in [2.45, 2.75) is 0 Å². The molecule has 0 radical (unpaired) electrons. The van der Waals surface area contributed by atoms with Gasteiger partial charge in [0.1, 0.15) is 13.1 Å². The standard InChI is InChI=1S/C18H22N4O3S/c1-20-16(23)15(13-19-7-8-21-9-11-25-12-10-21)17(24)22(18(20)26)14-5-3-2-4-6-14/h2-6,13,15H,7-12H2,1H3/p+1/t15-/m1/s1. The van der Waals surface area contributed by atoms with Crippen molar-refractivity contribution >= 4 is 41.0 Å². The number of anilines is 1. The Bertz CT molecular complexity index is 704. The van der Waals surface area contributed by atoms with Gasteiger partial charge >= 0.3 is 0 Å². The van der Waals surface area contributed by atoms with E-state index in [0.717, 1.165) is 32.8 Å². The van der Waals surface area contributed by atoms with Crippen molar-refractivity contribution in [2.24, 2.45) is 10.9 Å². The molecule has 3 rings (SSSR count). The number of ether oxygens (including phenoxy) is 1. The summed E-state index contributed by atoms with van der Waals surface area (Å²) in [7, 11) is 1.59. The number of carbonyl (C=O) groups excluding carboxylic acids is 2. The van der Waals surface area contributed by atoms with E-state index in [-0.39, 0.29) is 16.9 Å². The molecule has 2 aliphatic rings. The molecule has 2 heterocycles.